The van der Waals surface area contributed by atoms with E-state index in [1.807, 2.05) is 0 Å². The summed E-state index contributed by atoms with van der Waals surface area (Å²) in [6.45, 7) is 8.74. The second kappa shape index (κ2) is 9.13. The fourth-order valence-electron chi connectivity index (χ4n) is 1.08. The summed E-state index contributed by atoms with van der Waals surface area (Å²) in [6.07, 6.45) is -0.0904. The van der Waals surface area contributed by atoms with E-state index < -0.39 is 11.9 Å². The number of nitrogens with one attached hydrogen (secondary N) is 1. The SMILES string of the molecule is C=C(C)C(=O)OCCNC(=O)CCC(=O)OC(C)C. The summed E-state index contributed by atoms with van der Waals surface area (Å²) < 4.78 is 9.67. The van der Waals surface area contributed by atoms with Crippen molar-refractivity contribution < 1.29 is 23.9 Å². The molecule has 6 heteroatoms. The van der Waals surface area contributed by atoms with Gasteiger partial charge in [0.2, 0.25) is 5.91 Å². The topological polar surface area (TPSA) is 81.7 Å². The van der Waals surface area contributed by atoms with E-state index in [1.54, 1.807) is 20.8 Å². The smallest absolute Gasteiger partial charge is 0.333 e. The monoisotopic (exact) mass is 271 g/mol. The van der Waals surface area contributed by atoms with Gasteiger partial charge in [-0.15, -0.1) is 0 Å². The van der Waals surface area contributed by atoms with Crippen LogP contribution in [0.25, 0.3) is 0 Å². The first-order valence-corrected chi connectivity index (χ1v) is 6.11. The zero-order chi connectivity index (χ0) is 14.8. The summed E-state index contributed by atoms with van der Waals surface area (Å²) in [4.78, 5) is 33.5. The second-order valence-corrected chi connectivity index (χ2v) is 4.30. The number of rotatable bonds is 8. The number of hydrogen-bond donors (Lipinski definition) is 1. The van der Waals surface area contributed by atoms with Crippen LogP contribution in [0.2, 0.25) is 0 Å². The van der Waals surface area contributed by atoms with Crippen LogP contribution in [-0.4, -0.2) is 37.1 Å². The maximum Gasteiger partial charge on any atom is 0.333 e. The molecule has 0 saturated carbocycles. The Morgan fingerprint density at radius 1 is 1.21 bits per heavy atom. The van der Waals surface area contributed by atoms with Crippen LogP contribution in [0, 0.1) is 0 Å². The van der Waals surface area contributed by atoms with Crippen molar-refractivity contribution in [1.82, 2.24) is 5.32 Å². The largest absolute Gasteiger partial charge is 0.463 e. The molecule has 0 aromatic carbocycles. The Hall–Kier alpha value is -1.85. The Kier molecular flexibility index (Phi) is 8.24. The Balaban J connectivity index is 3.63. The van der Waals surface area contributed by atoms with Crippen molar-refractivity contribution in [1.29, 1.82) is 0 Å². The van der Waals surface area contributed by atoms with Crippen LogP contribution in [0.5, 0.6) is 0 Å². The van der Waals surface area contributed by atoms with E-state index in [4.69, 9.17) is 9.47 Å². The summed E-state index contributed by atoms with van der Waals surface area (Å²) in [6, 6.07) is 0. The highest BCUT2D eigenvalue weighted by molar-refractivity contribution is 5.87. The molecule has 0 bridgehead atoms. The second-order valence-electron chi connectivity index (χ2n) is 4.30. The van der Waals surface area contributed by atoms with Crippen molar-refractivity contribution in [2.75, 3.05) is 13.2 Å². The third-order valence-electron chi connectivity index (χ3n) is 1.93. The molecule has 19 heavy (non-hydrogen) atoms. The van der Waals surface area contributed by atoms with Crippen LogP contribution < -0.4 is 5.32 Å². The lowest BCUT2D eigenvalue weighted by atomic mass is 10.3. The number of esters is 2. The lowest BCUT2D eigenvalue weighted by molar-refractivity contribution is -0.148. The zero-order valence-electron chi connectivity index (χ0n) is 11.7. The van der Waals surface area contributed by atoms with Gasteiger partial charge in [-0.05, 0) is 20.8 Å². The van der Waals surface area contributed by atoms with Gasteiger partial charge in [-0.2, -0.15) is 0 Å². The maximum absolute atomic E-state index is 11.3. The van der Waals surface area contributed by atoms with E-state index in [2.05, 4.69) is 11.9 Å². The summed E-state index contributed by atoms with van der Waals surface area (Å²) >= 11 is 0. The number of hydrogen-bond acceptors (Lipinski definition) is 5. The molecule has 0 spiro atoms. The molecule has 0 unspecified atom stereocenters. The molecule has 0 aliphatic rings. The first kappa shape index (κ1) is 17.2. The molecule has 0 heterocycles. The number of carbonyl (C=O) groups is 3. The van der Waals surface area contributed by atoms with Crippen molar-refractivity contribution in [3.63, 3.8) is 0 Å². The van der Waals surface area contributed by atoms with E-state index >= 15 is 0 Å². The number of amides is 1. The molecule has 1 amide bonds. The van der Waals surface area contributed by atoms with Crippen LogP contribution in [0.3, 0.4) is 0 Å². The third-order valence-corrected chi connectivity index (χ3v) is 1.93. The van der Waals surface area contributed by atoms with Gasteiger partial charge in [-0.3, -0.25) is 9.59 Å². The van der Waals surface area contributed by atoms with Gasteiger partial charge >= 0.3 is 11.9 Å². The lowest BCUT2D eigenvalue weighted by Gasteiger charge is -2.08. The highest BCUT2D eigenvalue weighted by Crippen LogP contribution is 1.97. The Morgan fingerprint density at radius 2 is 1.84 bits per heavy atom. The predicted octanol–water partition coefficient (Wildman–Crippen LogP) is 0.954. The molecule has 0 aromatic rings. The third kappa shape index (κ3) is 9.82. The summed E-state index contributed by atoms with van der Waals surface area (Å²) in [7, 11) is 0. The van der Waals surface area contributed by atoms with Gasteiger partial charge < -0.3 is 14.8 Å². The van der Waals surface area contributed by atoms with E-state index in [9.17, 15) is 14.4 Å². The van der Waals surface area contributed by atoms with Crippen molar-refractivity contribution in [3.05, 3.63) is 12.2 Å². The first-order chi connectivity index (χ1) is 8.82. The van der Waals surface area contributed by atoms with Crippen LogP contribution in [0.1, 0.15) is 33.6 Å². The van der Waals surface area contributed by atoms with Gasteiger partial charge in [0.25, 0.3) is 0 Å². The van der Waals surface area contributed by atoms with E-state index in [0.29, 0.717) is 5.57 Å². The highest BCUT2D eigenvalue weighted by atomic mass is 16.5. The molecule has 1 N–H and O–H groups in total. The molecule has 0 atom stereocenters. The minimum absolute atomic E-state index is 0.0373. The predicted molar refractivity (Wildman–Crippen MR) is 69.2 cm³/mol. The average Bonchev–Trinajstić information content (AvgIpc) is 2.30. The van der Waals surface area contributed by atoms with Gasteiger partial charge in [0.1, 0.15) is 6.61 Å². The van der Waals surface area contributed by atoms with E-state index in [1.165, 1.54) is 0 Å². The van der Waals surface area contributed by atoms with Gasteiger partial charge in [0.05, 0.1) is 19.1 Å². The minimum Gasteiger partial charge on any atom is -0.463 e. The molecular formula is C13H21NO5. The molecule has 0 aliphatic heterocycles. The van der Waals surface area contributed by atoms with Gasteiger partial charge in [0.15, 0.2) is 0 Å². The molecule has 108 valence electrons. The van der Waals surface area contributed by atoms with E-state index in [0.717, 1.165) is 0 Å². The molecule has 0 fully saturated rings. The van der Waals surface area contributed by atoms with Crippen molar-refractivity contribution >= 4 is 17.8 Å². The van der Waals surface area contributed by atoms with Crippen LogP contribution >= 0.6 is 0 Å². The summed E-state index contributed by atoms with van der Waals surface area (Å²) in [5.74, 6) is -1.18. The maximum atomic E-state index is 11.3. The number of ether oxygens (including phenoxy) is 2. The Morgan fingerprint density at radius 3 is 2.37 bits per heavy atom. The molecule has 0 aromatic heterocycles. The quantitative estimate of drug-likeness (QED) is 0.404. The standard InChI is InChI=1S/C13H21NO5/c1-9(2)13(17)18-8-7-14-11(15)5-6-12(16)19-10(3)4/h10H,1,5-8H2,2-4H3,(H,14,15). The Bertz CT molecular complexity index is 349. The molecule has 0 saturated heterocycles. The van der Waals surface area contributed by atoms with Crippen molar-refractivity contribution in [3.8, 4) is 0 Å². The molecule has 6 nitrogen and oxygen atoms in total. The average molecular weight is 271 g/mol. The van der Waals surface area contributed by atoms with Crippen molar-refractivity contribution in [2.24, 2.45) is 0 Å². The summed E-state index contributed by atoms with van der Waals surface area (Å²) in [5.41, 5.74) is 0.308. The lowest BCUT2D eigenvalue weighted by Crippen LogP contribution is -2.28. The molecule has 0 rings (SSSR count). The van der Waals surface area contributed by atoms with Crippen molar-refractivity contribution in [2.45, 2.75) is 39.7 Å². The Labute approximate surface area is 113 Å². The van der Waals surface area contributed by atoms with Crippen LogP contribution in [-0.2, 0) is 23.9 Å². The number of carbonyl (C=O) groups excluding carboxylic acids is 3. The molecule has 0 aliphatic carbocycles. The molecule has 0 radical (unpaired) electrons. The van der Waals surface area contributed by atoms with Gasteiger partial charge in [-0.1, -0.05) is 6.58 Å². The molecular weight excluding hydrogens is 250 g/mol. The highest BCUT2D eigenvalue weighted by Gasteiger charge is 2.09. The summed E-state index contributed by atoms with van der Waals surface area (Å²) in [5, 5.41) is 2.53. The zero-order valence-corrected chi connectivity index (χ0v) is 11.7. The van der Waals surface area contributed by atoms with Crippen LogP contribution in [0.4, 0.5) is 0 Å². The van der Waals surface area contributed by atoms with E-state index in [-0.39, 0.29) is 38.0 Å². The van der Waals surface area contributed by atoms with Gasteiger partial charge in [-0.25, -0.2) is 4.79 Å². The fraction of sp³-hybridized carbons (Fsp3) is 0.615. The normalized spacial score (nSPS) is 9.89. The van der Waals surface area contributed by atoms with Gasteiger partial charge in [0, 0.05) is 12.0 Å². The fourth-order valence-corrected chi connectivity index (χ4v) is 1.08. The minimum atomic E-state index is -0.491. The van der Waals surface area contributed by atoms with Crippen LogP contribution in [0.15, 0.2) is 12.2 Å². The first-order valence-electron chi connectivity index (χ1n) is 6.11.